The van der Waals surface area contributed by atoms with Crippen molar-refractivity contribution in [3.05, 3.63) is 0 Å². The lowest BCUT2D eigenvalue weighted by Gasteiger charge is -2.25. The number of hydrogen-bond donors (Lipinski definition) is 0. The average molecular weight is 882 g/mol. The van der Waals surface area contributed by atoms with Gasteiger partial charge in [-0.05, 0) is 135 Å². The fraction of sp³-hybridized carbons (Fsp3) is 0.830. The summed E-state index contributed by atoms with van der Waals surface area (Å²) < 4.78 is 32.7. The summed E-state index contributed by atoms with van der Waals surface area (Å²) in [5, 5.41) is 0. The SMILES string of the molecule is C#CCN(CCC(=O)OCCCCCN(CCC(=O)OC(C)(C)C)CCC(=O)OC(C)(C)C)CCC(=O)OCCCCCN(CCC(=O)OC(C)(C)C)CCC(=O)OC(C)(C)C. The van der Waals surface area contributed by atoms with Gasteiger partial charge in [0.05, 0.1) is 58.3 Å². The molecule has 0 heterocycles. The molecule has 0 spiro atoms. The highest BCUT2D eigenvalue weighted by Crippen LogP contribution is 2.14. The molecule has 0 aliphatic rings. The lowest BCUT2D eigenvalue weighted by atomic mass is 10.2. The van der Waals surface area contributed by atoms with Crippen LogP contribution in [0.5, 0.6) is 0 Å². The van der Waals surface area contributed by atoms with Crippen LogP contribution in [0.15, 0.2) is 0 Å². The van der Waals surface area contributed by atoms with Crippen LogP contribution in [-0.4, -0.2) is 145 Å². The molecule has 0 unspecified atom stereocenters. The van der Waals surface area contributed by atoms with E-state index in [-0.39, 0.29) is 94.1 Å². The molecule has 0 aromatic heterocycles. The second-order valence-electron chi connectivity index (χ2n) is 19.6. The maximum atomic E-state index is 12.5. The van der Waals surface area contributed by atoms with Gasteiger partial charge >= 0.3 is 35.8 Å². The molecule has 0 aromatic carbocycles. The smallest absolute Gasteiger partial charge is 0.307 e. The van der Waals surface area contributed by atoms with Gasteiger partial charge in [0.1, 0.15) is 22.4 Å². The van der Waals surface area contributed by atoms with Crippen LogP contribution in [0.1, 0.15) is 160 Å². The number of carbonyl (C=O) groups is 6. The Morgan fingerprint density at radius 3 is 0.887 bits per heavy atom. The zero-order valence-electron chi connectivity index (χ0n) is 40.6. The van der Waals surface area contributed by atoms with E-state index in [0.717, 1.165) is 25.7 Å². The molecule has 15 nitrogen and oxygen atoms in total. The van der Waals surface area contributed by atoms with Gasteiger partial charge < -0.3 is 38.2 Å². The Morgan fingerprint density at radius 1 is 0.371 bits per heavy atom. The molecule has 0 radical (unpaired) electrons. The molecule has 0 rings (SSSR count). The van der Waals surface area contributed by atoms with E-state index in [9.17, 15) is 28.8 Å². The van der Waals surface area contributed by atoms with Crippen molar-refractivity contribution in [1.82, 2.24) is 14.7 Å². The molecule has 0 fully saturated rings. The van der Waals surface area contributed by atoms with Gasteiger partial charge in [0.2, 0.25) is 0 Å². The van der Waals surface area contributed by atoms with Crippen LogP contribution in [0.3, 0.4) is 0 Å². The van der Waals surface area contributed by atoms with Gasteiger partial charge in [-0.25, -0.2) is 0 Å². The standard InChI is InChI=1S/C47H83N3O12/c1-14-27-48(30-21-38(51)57-36-19-15-17-28-49(32-23-40(53)59-44(2,3)4)33-24-41(54)60-45(5,6)7)31-22-39(52)58-37-20-16-18-29-50(34-25-42(55)61-46(8,9)10)35-26-43(56)62-47(11,12)13/h1H,15-37H2,2-13H3. The van der Waals surface area contributed by atoms with Crippen LogP contribution in [0.25, 0.3) is 0 Å². The number of carbonyl (C=O) groups excluding carboxylic acids is 6. The maximum Gasteiger partial charge on any atom is 0.307 e. The quantitative estimate of drug-likeness (QED) is 0.0314. The number of ether oxygens (including phenoxy) is 6. The van der Waals surface area contributed by atoms with Crippen molar-refractivity contribution < 1.29 is 57.2 Å². The Hall–Kier alpha value is -3.74. The normalized spacial score (nSPS) is 12.2. The monoisotopic (exact) mass is 882 g/mol. The largest absolute Gasteiger partial charge is 0.466 e. The highest BCUT2D eigenvalue weighted by molar-refractivity contribution is 5.72. The zero-order chi connectivity index (χ0) is 47.4. The summed E-state index contributed by atoms with van der Waals surface area (Å²) in [6.45, 7) is 26.6. The average Bonchev–Trinajstić information content (AvgIpc) is 3.10. The van der Waals surface area contributed by atoms with Crippen LogP contribution >= 0.6 is 0 Å². The summed E-state index contributed by atoms with van der Waals surface area (Å²) in [6, 6.07) is 0. The minimum atomic E-state index is -0.569. The van der Waals surface area contributed by atoms with E-state index in [0.29, 0.717) is 65.2 Å². The minimum absolute atomic E-state index is 0.131. The molecule has 62 heavy (non-hydrogen) atoms. The van der Waals surface area contributed by atoms with E-state index in [1.54, 1.807) is 0 Å². The second-order valence-corrected chi connectivity index (χ2v) is 19.6. The van der Waals surface area contributed by atoms with Crippen molar-refractivity contribution in [2.45, 2.75) is 183 Å². The van der Waals surface area contributed by atoms with E-state index in [2.05, 4.69) is 15.7 Å². The molecular weight excluding hydrogens is 799 g/mol. The Morgan fingerprint density at radius 2 is 0.629 bits per heavy atom. The molecule has 0 amide bonds. The number of nitrogens with zero attached hydrogens (tertiary/aromatic N) is 3. The van der Waals surface area contributed by atoms with E-state index in [1.807, 2.05) is 88.0 Å². The summed E-state index contributed by atoms with van der Waals surface area (Å²) in [6.07, 6.45) is 11.2. The molecule has 0 N–H and O–H groups in total. The predicted molar refractivity (Wildman–Crippen MR) is 239 cm³/mol. The third-order valence-electron chi connectivity index (χ3n) is 8.55. The van der Waals surface area contributed by atoms with Crippen LogP contribution in [0.2, 0.25) is 0 Å². The molecule has 0 aliphatic carbocycles. The van der Waals surface area contributed by atoms with Crippen molar-refractivity contribution in [2.75, 3.05) is 72.1 Å². The van der Waals surface area contributed by atoms with Crippen molar-refractivity contribution in [3.8, 4) is 12.3 Å². The number of esters is 6. The molecule has 358 valence electrons. The Labute approximate surface area is 373 Å². The topological polar surface area (TPSA) is 168 Å². The lowest BCUT2D eigenvalue weighted by Crippen LogP contribution is -2.33. The van der Waals surface area contributed by atoms with Crippen LogP contribution in [0, 0.1) is 12.3 Å². The van der Waals surface area contributed by atoms with Gasteiger partial charge in [-0.2, -0.15) is 0 Å². The van der Waals surface area contributed by atoms with Crippen LogP contribution in [-0.2, 0) is 57.2 Å². The summed E-state index contributed by atoms with van der Waals surface area (Å²) in [4.78, 5) is 80.2. The van der Waals surface area contributed by atoms with E-state index in [1.165, 1.54) is 0 Å². The fourth-order valence-electron chi connectivity index (χ4n) is 5.88. The Kier molecular flexibility index (Phi) is 28.5. The third kappa shape index (κ3) is 38.0. The minimum Gasteiger partial charge on any atom is -0.466 e. The van der Waals surface area contributed by atoms with Gasteiger partial charge in [0.15, 0.2) is 0 Å². The summed E-state index contributed by atoms with van der Waals surface area (Å²) in [5.41, 5.74) is -2.28. The third-order valence-corrected chi connectivity index (χ3v) is 8.55. The van der Waals surface area contributed by atoms with Gasteiger partial charge in [0.25, 0.3) is 0 Å². The first-order valence-corrected chi connectivity index (χ1v) is 22.5. The van der Waals surface area contributed by atoms with Gasteiger partial charge in [-0.3, -0.25) is 33.7 Å². The lowest BCUT2D eigenvalue weighted by molar-refractivity contribution is -0.157. The maximum absolute atomic E-state index is 12.5. The first kappa shape index (κ1) is 58.3. The highest BCUT2D eigenvalue weighted by Gasteiger charge is 2.22. The van der Waals surface area contributed by atoms with Crippen molar-refractivity contribution in [2.24, 2.45) is 0 Å². The summed E-state index contributed by atoms with van der Waals surface area (Å²) >= 11 is 0. The van der Waals surface area contributed by atoms with E-state index < -0.39 is 22.4 Å². The molecule has 0 aromatic rings. The zero-order valence-corrected chi connectivity index (χ0v) is 40.6. The van der Waals surface area contributed by atoms with Crippen molar-refractivity contribution in [3.63, 3.8) is 0 Å². The van der Waals surface area contributed by atoms with Gasteiger partial charge in [-0.1, -0.05) is 5.92 Å². The Bertz CT molecular complexity index is 1220. The number of rotatable bonds is 31. The molecule has 0 bridgehead atoms. The van der Waals surface area contributed by atoms with E-state index in [4.69, 9.17) is 34.8 Å². The number of unbranched alkanes of at least 4 members (excludes halogenated alkanes) is 4. The molecule has 0 atom stereocenters. The fourth-order valence-corrected chi connectivity index (χ4v) is 5.88. The van der Waals surface area contributed by atoms with Crippen LogP contribution in [0.4, 0.5) is 0 Å². The number of terminal acetylenes is 1. The first-order chi connectivity index (χ1) is 28.7. The molecule has 0 saturated carbocycles. The van der Waals surface area contributed by atoms with Crippen molar-refractivity contribution in [1.29, 1.82) is 0 Å². The molecule has 0 aliphatic heterocycles. The van der Waals surface area contributed by atoms with Crippen molar-refractivity contribution >= 4 is 35.8 Å². The van der Waals surface area contributed by atoms with Gasteiger partial charge in [0, 0.05) is 39.3 Å². The molecule has 15 heteroatoms. The van der Waals surface area contributed by atoms with Gasteiger partial charge in [-0.15, -0.1) is 6.42 Å². The number of hydrogen-bond acceptors (Lipinski definition) is 15. The molecular formula is C47H83N3O12. The molecule has 0 saturated heterocycles. The first-order valence-electron chi connectivity index (χ1n) is 22.5. The predicted octanol–water partition coefficient (Wildman–Crippen LogP) is 6.66. The summed E-state index contributed by atoms with van der Waals surface area (Å²) in [5.74, 6) is 0.715. The van der Waals surface area contributed by atoms with E-state index >= 15 is 0 Å². The Balaban J connectivity index is 4.59. The van der Waals surface area contributed by atoms with Crippen LogP contribution < -0.4 is 0 Å². The second kappa shape index (κ2) is 30.4. The summed E-state index contributed by atoms with van der Waals surface area (Å²) in [7, 11) is 0. The highest BCUT2D eigenvalue weighted by atomic mass is 16.6.